The molecule has 3 aromatic heterocycles. The molecule has 2 bridgehead atoms. The van der Waals surface area contributed by atoms with Crippen LogP contribution in [0.4, 0.5) is 5.69 Å². The number of nitrogens with zero attached hydrogens (tertiary/aromatic N) is 5. The number of H-pyrrole nitrogens is 1. The van der Waals surface area contributed by atoms with Gasteiger partial charge in [0.2, 0.25) is 0 Å². The van der Waals surface area contributed by atoms with Gasteiger partial charge in [-0.25, -0.2) is 9.97 Å². The Bertz CT molecular complexity index is 858. The van der Waals surface area contributed by atoms with E-state index in [9.17, 15) is 0 Å². The molecule has 2 aliphatic rings. The van der Waals surface area contributed by atoms with Crippen LogP contribution in [0.25, 0.3) is 22.6 Å². The normalized spacial score (nSPS) is 22.8. The monoisotopic (exact) mass is 345 g/mol. The molecule has 126 valence electrons. The molecule has 0 saturated carbocycles. The van der Waals surface area contributed by atoms with Gasteiger partial charge in [0.05, 0.1) is 17.4 Å². The topological polar surface area (TPSA) is 74.7 Å². The summed E-state index contributed by atoms with van der Waals surface area (Å²) in [6.07, 6.45) is 8.20. The summed E-state index contributed by atoms with van der Waals surface area (Å²) in [5, 5.41) is 7.90. The van der Waals surface area contributed by atoms with Crippen molar-refractivity contribution < 1.29 is 0 Å². The molecule has 2 unspecified atom stereocenters. The molecule has 5 rings (SSSR count). The van der Waals surface area contributed by atoms with Crippen molar-refractivity contribution in [2.45, 2.75) is 24.9 Å². The molecular weight excluding hydrogens is 326 g/mol. The van der Waals surface area contributed by atoms with E-state index in [0.29, 0.717) is 12.1 Å². The second-order valence-corrected chi connectivity index (χ2v) is 6.56. The SMILES string of the molecule is Cl.Cn1cc(-c2nc3c(N4CC5CCC(C4)N5)ccnc3[nH]2)cn1. The molecule has 5 heterocycles. The second-order valence-electron chi connectivity index (χ2n) is 6.56. The van der Waals surface area contributed by atoms with E-state index in [1.165, 1.54) is 18.5 Å². The lowest BCUT2D eigenvalue weighted by atomic mass is 10.2. The average Bonchev–Trinajstić information content (AvgIpc) is 3.25. The number of anilines is 1. The maximum absolute atomic E-state index is 4.81. The van der Waals surface area contributed by atoms with Crippen LogP contribution in [0.2, 0.25) is 0 Å². The molecule has 2 aliphatic heterocycles. The fraction of sp³-hybridized carbons (Fsp3) is 0.438. The van der Waals surface area contributed by atoms with Crippen LogP contribution in [0.5, 0.6) is 0 Å². The molecule has 0 spiro atoms. The number of pyridine rings is 1. The lowest BCUT2D eigenvalue weighted by Crippen LogP contribution is -2.51. The smallest absolute Gasteiger partial charge is 0.159 e. The quantitative estimate of drug-likeness (QED) is 0.739. The molecule has 0 aliphatic carbocycles. The third kappa shape index (κ3) is 2.44. The number of halogens is 1. The van der Waals surface area contributed by atoms with Crippen LogP contribution in [-0.2, 0) is 7.05 Å². The highest BCUT2D eigenvalue weighted by molar-refractivity contribution is 5.88. The predicted molar refractivity (Wildman–Crippen MR) is 95.5 cm³/mol. The second kappa shape index (κ2) is 5.75. The zero-order chi connectivity index (χ0) is 15.4. The Morgan fingerprint density at radius 3 is 2.71 bits per heavy atom. The van der Waals surface area contributed by atoms with Crippen LogP contribution >= 0.6 is 12.4 Å². The number of imidazole rings is 1. The molecule has 0 radical (unpaired) electrons. The first-order valence-electron chi connectivity index (χ1n) is 8.11. The third-order valence-electron chi connectivity index (χ3n) is 4.90. The minimum absolute atomic E-state index is 0. The Labute approximate surface area is 145 Å². The Hall–Kier alpha value is -2.12. The van der Waals surface area contributed by atoms with Gasteiger partial charge in [0.1, 0.15) is 11.3 Å². The Morgan fingerprint density at radius 2 is 2.00 bits per heavy atom. The van der Waals surface area contributed by atoms with Crippen molar-refractivity contribution in [2.24, 2.45) is 7.05 Å². The highest BCUT2D eigenvalue weighted by Gasteiger charge is 2.33. The van der Waals surface area contributed by atoms with Crippen molar-refractivity contribution in [2.75, 3.05) is 18.0 Å². The van der Waals surface area contributed by atoms with Gasteiger partial charge >= 0.3 is 0 Å². The van der Waals surface area contributed by atoms with E-state index in [1.807, 2.05) is 25.6 Å². The molecule has 7 nitrogen and oxygen atoms in total. The summed E-state index contributed by atoms with van der Waals surface area (Å²) >= 11 is 0. The van der Waals surface area contributed by atoms with Gasteiger partial charge in [-0.2, -0.15) is 5.10 Å². The highest BCUT2D eigenvalue weighted by Crippen LogP contribution is 2.30. The van der Waals surface area contributed by atoms with E-state index in [0.717, 1.165) is 35.6 Å². The summed E-state index contributed by atoms with van der Waals surface area (Å²) in [6, 6.07) is 3.29. The molecule has 0 amide bonds. The standard InChI is InChI=1S/C16H19N7.ClH/c1-22-7-10(6-18-22)15-20-14-13(4-5-17-16(14)21-15)23-8-11-2-3-12(9-23)19-11;/h4-7,11-12,19H,2-3,8-9H2,1H3,(H,17,20,21);1H. The number of hydrogen-bond donors (Lipinski definition) is 2. The zero-order valence-corrected chi connectivity index (χ0v) is 14.3. The summed E-state index contributed by atoms with van der Waals surface area (Å²) in [4.78, 5) is 15.0. The maximum atomic E-state index is 4.81. The van der Waals surface area contributed by atoms with Crippen LogP contribution in [0.1, 0.15) is 12.8 Å². The zero-order valence-electron chi connectivity index (χ0n) is 13.4. The first-order valence-corrected chi connectivity index (χ1v) is 8.11. The van der Waals surface area contributed by atoms with E-state index in [2.05, 4.69) is 31.3 Å². The number of hydrogen-bond acceptors (Lipinski definition) is 5. The summed E-state index contributed by atoms with van der Waals surface area (Å²) in [5.41, 5.74) is 3.96. The van der Waals surface area contributed by atoms with Gasteiger partial charge < -0.3 is 15.2 Å². The number of nitrogens with one attached hydrogen (secondary N) is 2. The van der Waals surface area contributed by atoms with Gasteiger partial charge in [0, 0.05) is 44.6 Å². The average molecular weight is 346 g/mol. The van der Waals surface area contributed by atoms with Crippen LogP contribution in [0, 0.1) is 0 Å². The van der Waals surface area contributed by atoms with Gasteiger partial charge in [-0.05, 0) is 18.9 Å². The van der Waals surface area contributed by atoms with Gasteiger partial charge in [0.15, 0.2) is 5.65 Å². The van der Waals surface area contributed by atoms with E-state index >= 15 is 0 Å². The van der Waals surface area contributed by atoms with E-state index < -0.39 is 0 Å². The molecule has 24 heavy (non-hydrogen) atoms. The first-order chi connectivity index (χ1) is 11.3. The lowest BCUT2D eigenvalue weighted by Gasteiger charge is -2.34. The number of aromatic nitrogens is 5. The molecule has 8 heteroatoms. The minimum atomic E-state index is 0. The third-order valence-corrected chi connectivity index (χ3v) is 4.90. The van der Waals surface area contributed by atoms with Crippen LogP contribution in [-0.4, -0.2) is 49.9 Å². The lowest BCUT2D eigenvalue weighted by molar-refractivity contribution is 0.466. The van der Waals surface area contributed by atoms with Crippen molar-refractivity contribution >= 4 is 29.3 Å². The van der Waals surface area contributed by atoms with Crippen LogP contribution in [0.3, 0.4) is 0 Å². The van der Waals surface area contributed by atoms with E-state index in [-0.39, 0.29) is 12.4 Å². The summed E-state index contributed by atoms with van der Waals surface area (Å²) in [5.74, 6) is 0.825. The number of rotatable bonds is 2. The fourth-order valence-electron chi connectivity index (χ4n) is 3.83. The highest BCUT2D eigenvalue weighted by atomic mass is 35.5. The molecule has 0 aromatic carbocycles. The number of piperazine rings is 1. The number of aromatic amines is 1. The van der Waals surface area contributed by atoms with Crippen molar-refractivity contribution in [3.63, 3.8) is 0 Å². The molecular formula is C16H20ClN7. The Morgan fingerprint density at radius 1 is 1.21 bits per heavy atom. The predicted octanol–water partition coefficient (Wildman–Crippen LogP) is 1.72. The first kappa shape index (κ1) is 15.4. The maximum Gasteiger partial charge on any atom is 0.159 e. The van der Waals surface area contributed by atoms with Gasteiger partial charge in [-0.15, -0.1) is 12.4 Å². The van der Waals surface area contributed by atoms with E-state index in [4.69, 9.17) is 4.98 Å². The summed E-state index contributed by atoms with van der Waals surface area (Å²) in [6.45, 7) is 2.09. The van der Waals surface area contributed by atoms with Crippen molar-refractivity contribution in [1.29, 1.82) is 0 Å². The number of fused-ring (bicyclic) bond motifs is 3. The summed E-state index contributed by atoms with van der Waals surface area (Å²) in [7, 11) is 1.91. The Kier molecular flexibility index (Phi) is 3.69. The number of aryl methyl sites for hydroxylation is 1. The molecule has 2 saturated heterocycles. The van der Waals surface area contributed by atoms with Crippen LogP contribution in [0.15, 0.2) is 24.7 Å². The molecule has 3 aromatic rings. The van der Waals surface area contributed by atoms with Gasteiger partial charge in [-0.1, -0.05) is 0 Å². The van der Waals surface area contributed by atoms with Crippen molar-refractivity contribution in [1.82, 2.24) is 30.0 Å². The minimum Gasteiger partial charge on any atom is -0.367 e. The largest absolute Gasteiger partial charge is 0.367 e. The molecule has 2 atom stereocenters. The Balaban J connectivity index is 0.00000146. The summed E-state index contributed by atoms with van der Waals surface area (Å²) < 4.78 is 1.78. The van der Waals surface area contributed by atoms with E-state index in [1.54, 1.807) is 4.68 Å². The van der Waals surface area contributed by atoms with Gasteiger partial charge in [-0.3, -0.25) is 4.68 Å². The van der Waals surface area contributed by atoms with Crippen molar-refractivity contribution in [3.05, 3.63) is 24.7 Å². The van der Waals surface area contributed by atoms with Gasteiger partial charge in [0.25, 0.3) is 0 Å². The fourth-order valence-corrected chi connectivity index (χ4v) is 3.83. The van der Waals surface area contributed by atoms with Crippen LogP contribution < -0.4 is 10.2 Å². The molecule has 2 fully saturated rings. The molecule has 2 N–H and O–H groups in total. The van der Waals surface area contributed by atoms with Crippen molar-refractivity contribution in [3.8, 4) is 11.4 Å².